The zero-order valence-corrected chi connectivity index (χ0v) is 15.3. The Morgan fingerprint density at radius 1 is 1.04 bits per heavy atom. The Morgan fingerprint density at radius 3 is 2.40 bits per heavy atom. The van der Waals surface area contributed by atoms with Gasteiger partial charge in [0.1, 0.15) is 4.21 Å². The Balaban J connectivity index is 1.75. The van der Waals surface area contributed by atoms with Crippen molar-refractivity contribution in [3.8, 4) is 0 Å². The topological polar surface area (TPSA) is 95.6 Å². The van der Waals surface area contributed by atoms with Crippen molar-refractivity contribution in [2.45, 2.75) is 10.8 Å². The predicted molar refractivity (Wildman–Crippen MR) is 95.4 cm³/mol. The number of likely N-dealkylation sites (N-methyl/N-ethyl adjacent to an activating group) is 1. The smallest absolute Gasteiger partial charge is 0.252 e. The third-order valence-corrected chi connectivity index (χ3v) is 6.48. The van der Waals surface area contributed by atoms with Crippen molar-refractivity contribution in [3.05, 3.63) is 53.4 Å². The molecule has 0 spiro atoms. The predicted octanol–water partition coefficient (Wildman–Crippen LogP) is 0.801. The number of hydrogen-bond donors (Lipinski definition) is 2. The van der Waals surface area contributed by atoms with E-state index in [0.29, 0.717) is 6.54 Å². The van der Waals surface area contributed by atoms with E-state index in [4.69, 9.17) is 0 Å². The minimum atomic E-state index is -3.69. The number of hydrogen-bond acceptors (Lipinski definition) is 5. The SMILES string of the molecule is CN(CC(=O)NCC(=O)NCc1ccccc1)S(=O)(=O)c1cccs1. The van der Waals surface area contributed by atoms with Crippen molar-refractivity contribution in [1.82, 2.24) is 14.9 Å². The number of nitrogens with zero attached hydrogens (tertiary/aromatic N) is 1. The highest BCUT2D eigenvalue weighted by molar-refractivity contribution is 7.91. The van der Waals surface area contributed by atoms with E-state index in [9.17, 15) is 18.0 Å². The standard InChI is InChI=1S/C16H19N3O4S2/c1-19(25(22,23)16-8-5-9-24-16)12-15(21)18-11-14(20)17-10-13-6-3-2-4-7-13/h2-9H,10-12H2,1H3,(H,17,20)(H,18,21). The summed E-state index contributed by atoms with van der Waals surface area (Å²) in [7, 11) is -2.36. The normalized spacial score (nSPS) is 11.3. The van der Waals surface area contributed by atoms with Gasteiger partial charge in [-0.2, -0.15) is 4.31 Å². The largest absolute Gasteiger partial charge is 0.350 e. The van der Waals surface area contributed by atoms with Gasteiger partial charge >= 0.3 is 0 Å². The van der Waals surface area contributed by atoms with Gasteiger partial charge in [-0.05, 0) is 17.0 Å². The highest BCUT2D eigenvalue weighted by Crippen LogP contribution is 2.19. The zero-order chi connectivity index (χ0) is 18.3. The first kappa shape index (κ1) is 19.1. The van der Waals surface area contributed by atoms with Crippen LogP contribution in [0.2, 0.25) is 0 Å². The molecule has 0 bridgehead atoms. The summed E-state index contributed by atoms with van der Waals surface area (Å²) in [6.45, 7) is -0.201. The maximum absolute atomic E-state index is 12.2. The first-order chi connectivity index (χ1) is 11.9. The average molecular weight is 381 g/mol. The molecule has 0 radical (unpaired) electrons. The van der Waals surface area contributed by atoms with E-state index in [1.54, 1.807) is 11.4 Å². The van der Waals surface area contributed by atoms with E-state index in [2.05, 4.69) is 10.6 Å². The molecule has 1 heterocycles. The Hall–Kier alpha value is -2.23. The molecule has 0 saturated heterocycles. The van der Waals surface area contributed by atoms with Crippen LogP contribution in [-0.4, -0.2) is 44.7 Å². The molecule has 0 atom stereocenters. The Kier molecular flexibility index (Phi) is 6.68. The summed E-state index contributed by atoms with van der Waals surface area (Å²) in [6, 6.07) is 12.5. The molecule has 0 saturated carbocycles. The minimum absolute atomic E-state index is 0.170. The summed E-state index contributed by atoms with van der Waals surface area (Å²) < 4.78 is 25.5. The van der Waals surface area contributed by atoms with Crippen molar-refractivity contribution in [2.24, 2.45) is 0 Å². The molecule has 7 nitrogen and oxygen atoms in total. The summed E-state index contributed by atoms with van der Waals surface area (Å²) in [5.41, 5.74) is 0.948. The van der Waals surface area contributed by atoms with Gasteiger partial charge in [0, 0.05) is 13.6 Å². The maximum atomic E-state index is 12.2. The molecule has 0 unspecified atom stereocenters. The minimum Gasteiger partial charge on any atom is -0.350 e. The summed E-state index contributed by atoms with van der Waals surface area (Å²) in [5, 5.41) is 6.74. The highest BCUT2D eigenvalue weighted by Gasteiger charge is 2.23. The fourth-order valence-corrected chi connectivity index (χ4v) is 4.27. The first-order valence-electron chi connectivity index (χ1n) is 7.47. The molecule has 134 valence electrons. The number of thiophene rings is 1. The van der Waals surface area contributed by atoms with Crippen LogP contribution in [0.4, 0.5) is 0 Å². The molecule has 0 aliphatic rings. The lowest BCUT2D eigenvalue weighted by molar-refractivity contribution is -0.126. The van der Waals surface area contributed by atoms with Gasteiger partial charge in [0.2, 0.25) is 11.8 Å². The second-order valence-corrected chi connectivity index (χ2v) is 8.45. The van der Waals surface area contributed by atoms with Crippen molar-refractivity contribution in [1.29, 1.82) is 0 Å². The second kappa shape index (κ2) is 8.75. The second-order valence-electron chi connectivity index (χ2n) is 5.23. The van der Waals surface area contributed by atoms with E-state index < -0.39 is 15.9 Å². The Labute approximate surface area is 150 Å². The van der Waals surface area contributed by atoms with Crippen molar-refractivity contribution >= 4 is 33.2 Å². The van der Waals surface area contributed by atoms with Gasteiger partial charge in [0.25, 0.3) is 10.0 Å². The number of amides is 2. The van der Waals surface area contributed by atoms with Crippen LogP contribution >= 0.6 is 11.3 Å². The summed E-state index contributed by atoms with van der Waals surface area (Å²) in [4.78, 5) is 23.6. The maximum Gasteiger partial charge on any atom is 0.252 e. The molecule has 2 amide bonds. The molecular weight excluding hydrogens is 362 g/mol. The van der Waals surface area contributed by atoms with E-state index in [1.165, 1.54) is 13.1 Å². The lowest BCUT2D eigenvalue weighted by Gasteiger charge is -2.15. The number of carbonyl (C=O) groups is 2. The van der Waals surface area contributed by atoms with Crippen molar-refractivity contribution < 1.29 is 18.0 Å². The lowest BCUT2D eigenvalue weighted by Crippen LogP contribution is -2.42. The molecule has 2 rings (SSSR count). The lowest BCUT2D eigenvalue weighted by atomic mass is 10.2. The molecule has 9 heteroatoms. The molecule has 2 N–H and O–H groups in total. The van der Waals surface area contributed by atoms with Crippen LogP contribution in [-0.2, 0) is 26.2 Å². The van der Waals surface area contributed by atoms with Crippen LogP contribution in [0.15, 0.2) is 52.1 Å². The number of rotatable bonds is 8. The van der Waals surface area contributed by atoms with Crippen LogP contribution < -0.4 is 10.6 Å². The molecule has 2 aromatic rings. The molecule has 0 aliphatic heterocycles. The van der Waals surface area contributed by atoms with E-state index in [1.807, 2.05) is 30.3 Å². The van der Waals surface area contributed by atoms with Gasteiger partial charge in [0.05, 0.1) is 13.1 Å². The van der Waals surface area contributed by atoms with Crippen LogP contribution in [0, 0.1) is 0 Å². The van der Waals surface area contributed by atoms with Crippen LogP contribution in [0.5, 0.6) is 0 Å². The highest BCUT2D eigenvalue weighted by atomic mass is 32.2. The van der Waals surface area contributed by atoms with Gasteiger partial charge in [-0.25, -0.2) is 8.42 Å². The Bertz CT molecular complexity index is 805. The van der Waals surface area contributed by atoms with E-state index in [-0.39, 0.29) is 23.2 Å². The van der Waals surface area contributed by atoms with E-state index >= 15 is 0 Å². The molecule has 1 aromatic heterocycles. The number of sulfonamides is 1. The Morgan fingerprint density at radius 2 is 1.76 bits per heavy atom. The van der Waals surface area contributed by atoms with Crippen molar-refractivity contribution in [2.75, 3.05) is 20.1 Å². The fourth-order valence-electron chi connectivity index (χ4n) is 1.94. The number of carbonyl (C=O) groups excluding carboxylic acids is 2. The van der Waals surface area contributed by atoms with E-state index in [0.717, 1.165) is 21.2 Å². The third kappa shape index (κ3) is 5.66. The van der Waals surface area contributed by atoms with Crippen LogP contribution in [0.25, 0.3) is 0 Å². The molecule has 25 heavy (non-hydrogen) atoms. The fraction of sp³-hybridized carbons (Fsp3) is 0.250. The van der Waals surface area contributed by atoms with Crippen LogP contribution in [0.3, 0.4) is 0 Å². The molecular formula is C16H19N3O4S2. The van der Waals surface area contributed by atoms with Gasteiger partial charge < -0.3 is 10.6 Å². The number of nitrogens with one attached hydrogen (secondary N) is 2. The van der Waals surface area contributed by atoms with Crippen molar-refractivity contribution in [3.63, 3.8) is 0 Å². The summed E-state index contributed by atoms with van der Waals surface area (Å²) >= 11 is 1.08. The zero-order valence-electron chi connectivity index (χ0n) is 13.6. The van der Waals surface area contributed by atoms with Gasteiger partial charge in [-0.3, -0.25) is 9.59 Å². The molecule has 0 fully saturated rings. The quantitative estimate of drug-likeness (QED) is 0.707. The monoisotopic (exact) mass is 381 g/mol. The van der Waals surface area contributed by atoms with Gasteiger partial charge in [-0.1, -0.05) is 36.4 Å². The average Bonchev–Trinajstić information content (AvgIpc) is 3.14. The summed E-state index contributed by atoms with van der Waals surface area (Å²) in [5.74, 6) is -0.890. The first-order valence-corrected chi connectivity index (χ1v) is 9.79. The van der Waals surface area contributed by atoms with Crippen LogP contribution in [0.1, 0.15) is 5.56 Å². The van der Waals surface area contributed by atoms with Gasteiger partial charge in [0.15, 0.2) is 0 Å². The third-order valence-electron chi connectivity index (χ3n) is 3.30. The summed E-state index contributed by atoms with van der Waals surface area (Å²) in [6.07, 6.45) is 0. The molecule has 1 aromatic carbocycles. The molecule has 0 aliphatic carbocycles. The van der Waals surface area contributed by atoms with Gasteiger partial charge in [-0.15, -0.1) is 11.3 Å². The number of benzene rings is 1.